The molecule has 0 saturated carbocycles. The molecule has 1 heterocycles. The van der Waals surface area contributed by atoms with Crippen molar-refractivity contribution in [3.8, 4) is 5.75 Å². The number of carbonyl (C=O) groups is 1. The number of carbonyl (C=O) groups excluding carboxylic acids is 1. The molecule has 0 aromatic heterocycles. The van der Waals surface area contributed by atoms with Gasteiger partial charge in [0.2, 0.25) is 0 Å². The standard InChI is InChI=1S/C28H30N2O2/c1-21-9-8-13-24-25(21)19-28(27(24)31,23-11-4-3-5-12-23)30-17-15-29(16-18-30)20-22-10-6-7-14-26(22)32-2/h3-14H,15-20H2,1-2H3. The van der Waals surface area contributed by atoms with Gasteiger partial charge in [0.15, 0.2) is 5.78 Å². The zero-order valence-corrected chi connectivity index (χ0v) is 18.9. The van der Waals surface area contributed by atoms with Crippen LogP contribution in [0, 0.1) is 6.92 Å². The number of nitrogens with zero attached hydrogens (tertiary/aromatic N) is 2. The Bertz CT molecular complexity index is 1120. The first-order chi connectivity index (χ1) is 15.6. The lowest BCUT2D eigenvalue weighted by Crippen LogP contribution is -2.58. The summed E-state index contributed by atoms with van der Waals surface area (Å²) in [5.41, 5.74) is 5.03. The average molecular weight is 427 g/mol. The molecule has 5 rings (SSSR count). The molecule has 0 radical (unpaired) electrons. The number of hydrogen-bond donors (Lipinski definition) is 0. The summed E-state index contributed by atoms with van der Waals surface area (Å²) in [4.78, 5) is 18.9. The van der Waals surface area contributed by atoms with Gasteiger partial charge in [0.1, 0.15) is 11.3 Å². The highest BCUT2D eigenvalue weighted by atomic mass is 16.5. The molecule has 3 aromatic carbocycles. The third-order valence-electron chi connectivity index (χ3n) is 7.21. The van der Waals surface area contributed by atoms with Crippen LogP contribution in [0.2, 0.25) is 0 Å². The summed E-state index contributed by atoms with van der Waals surface area (Å²) in [6.07, 6.45) is 0.754. The Kier molecular flexibility index (Phi) is 5.58. The number of ether oxygens (including phenoxy) is 1. The second-order valence-corrected chi connectivity index (χ2v) is 8.91. The maximum Gasteiger partial charge on any atom is 0.188 e. The van der Waals surface area contributed by atoms with E-state index in [1.165, 1.54) is 16.7 Å². The molecule has 1 aliphatic heterocycles. The van der Waals surface area contributed by atoms with Crippen LogP contribution in [0.4, 0.5) is 0 Å². The number of rotatable bonds is 5. The van der Waals surface area contributed by atoms with Crippen molar-refractivity contribution in [3.05, 3.63) is 101 Å². The first kappa shape index (κ1) is 20.9. The van der Waals surface area contributed by atoms with E-state index in [-0.39, 0.29) is 5.78 Å². The molecule has 0 spiro atoms. The molecule has 1 fully saturated rings. The van der Waals surface area contributed by atoms with Gasteiger partial charge in [0.25, 0.3) is 0 Å². The van der Waals surface area contributed by atoms with E-state index in [4.69, 9.17) is 4.74 Å². The molecule has 0 amide bonds. The Morgan fingerprint density at radius 2 is 1.59 bits per heavy atom. The summed E-state index contributed by atoms with van der Waals surface area (Å²) < 4.78 is 5.54. The maximum absolute atomic E-state index is 14.0. The van der Waals surface area contributed by atoms with Gasteiger partial charge in [-0.1, -0.05) is 66.7 Å². The highest BCUT2D eigenvalue weighted by molar-refractivity contribution is 6.08. The Morgan fingerprint density at radius 3 is 2.31 bits per heavy atom. The van der Waals surface area contributed by atoms with Gasteiger partial charge >= 0.3 is 0 Å². The molecule has 164 valence electrons. The third-order valence-corrected chi connectivity index (χ3v) is 7.21. The van der Waals surface area contributed by atoms with E-state index in [0.717, 1.165) is 56.0 Å². The highest BCUT2D eigenvalue weighted by Gasteiger charge is 2.51. The summed E-state index contributed by atoms with van der Waals surface area (Å²) in [6.45, 7) is 6.57. The van der Waals surface area contributed by atoms with Crippen LogP contribution in [0.3, 0.4) is 0 Å². The van der Waals surface area contributed by atoms with Gasteiger partial charge in [0.05, 0.1) is 7.11 Å². The molecule has 2 aliphatic rings. The number of para-hydroxylation sites is 1. The van der Waals surface area contributed by atoms with Crippen LogP contribution in [-0.4, -0.2) is 48.9 Å². The molecule has 32 heavy (non-hydrogen) atoms. The van der Waals surface area contributed by atoms with Crippen LogP contribution in [-0.2, 0) is 18.5 Å². The van der Waals surface area contributed by atoms with Crippen molar-refractivity contribution in [2.24, 2.45) is 0 Å². The summed E-state index contributed by atoms with van der Waals surface area (Å²) in [7, 11) is 1.73. The Labute approximate surface area is 190 Å². The third kappa shape index (κ3) is 3.44. The minimum atomic E-state index is -0.605. The van der Waals surface area contributed by atoms with E-state index in [1.807, 2.05) is 30.3 Å². The van der Waals surface area contributed by atoms with Crippen molar-refractivity contribution < 1.29 is 9.53 Å². The lowest BCUT2D eigenvalue weighted by molar-refractivity contribution is 0.0287. The minimum absolute atomic E-state index is 0.251. The van der Waals surface area contributed by atoms with Crippen molar-refractivity contribution in [1.82, 2.24) is 9.80 Å². The van der Waals surface area contributed by atoms with Gasteiger partial charge in [-0.25, -0.2) is 0 Å². The predicted octanol–water partition coefficient (Wildman–Crippen LogP) is 4.46. The first-order valence-corrected chi connectivity index (χ1v) is 11.4. The number of piperazine rings is 1. The van der Waals surface area contributed by atoms with E-state index in [0.29, 0.717) is 0 Å². The molecular weight excluding hydrogens is 396 g/mol. The number of Topliss-reactive ketones (excluding diaryl/α,β-unsaturated/α-hetero) is 1. The summed E-state index contributed by atoms with van der Waals surface area (Å²) in [6, 6.07) is 24.8. The second-order valence-electron chi connectivity index (χ2n) is 8.91. The number of fused-ring (bicyclic) bond motifs is 1. The normalized spacial score (nSPS) is 21.5. The molecule has 4 heteroatoms. The smallest absolute Gasteiger partial charge is 0.188 e. The Balaban J connectivity index is 1.42. The predicted molar refractivity (Wildman–Crippen MR) is 127 cm³/mol. The molecule has 4 nitrogen and oxygen atoms in total. The largest absolute Gasteiger partial charge is 0.496 e. The molecule has 1 unspecified atom stereocenters. The highest BCUT2D eigenvalue weighted by Crippen LogP contribution is 2.44. The Morgan fingerprint density at radius 1 is 0.875 bits per heavy atom. The quantitative estimate of drug-likeness (QED) is 0.603. The van der Waals surface area contributed by atoms with Crippen molar-refractivity contribution in [2.75, 3.05) is 33.3 Å². The van der Waals surface area contributed by atoms with Crippen molar-refractivity contribution in [1.29, 1.82) is 0 Å². The summed E-state index contributed by atoms with van der Waals surface area (Å²) >= 11 is 0. The topological polar surface area (TPSA) is 32.8 Å². The molecule has 1 atom stereocenters. The number of methoxy groups -OCH3 is 1. The molecular formula is C28H30N2O2. The molecule has 0 bridgehead atoms. The fourth-order valence-electron chi connectivity index (χ4n) is 5.46. The number of ketones is 1. The summed E-state index contributed by atoms with van der Waals surface area (Å²) in [5.74, 6) is 1.19. The van der Waals surface area contributed by atoms with Gasteiger partial charge in [-0.05, 0) is 29.7 Å². The van der Waals surface area contributed by atoms with Gasteiger partial charge in [0, 0.05) is 50.3 Å². The fraction of sp³-hybridized carbons (Fsp3) is 0.321. The van der Waals surface area contributed by atoms with Gasteiger partial charge in [-0.2, -0.15) is 0 Å². The van der Waals surface area contributed by atoms with Gasteiger partial charge in [-0.3, -0.25) is 14.6 Å². The lowest BCUT2D eigenvalue weighted by atomic mass is 9.83. The van der Waals surface area contributed by atoms with E-state index in [2.05, 4.69) is 59.2 Å². The van der Waals surface area contributed by atoms with Gasteiger partial charge < -0.3 is 4.74 Å². The van der Waals surface area contributed by atoms with Crippen molar-refractivity contribution in [3.63, 3.8) is 0 Å². The van der Waals surface area contributed by atoms with Crippen LogP contribution in [0.25, 0.3) is 0 Å². The van der Waals surface area contributed by atoms with E-state index in [1.54, 1.807) is 7.11 Å². The van der Waals surface area contributed by atoms with Crippen LogP contribution in [0.15, 0.2) is 72.8 Å². The fourth-order valence-corrected chi connectivity index (χ4v) is 5.46. The Hall–Kier alpha value is -2.95. The van der Waals surface area contributed by atoms with Crippen LogP contribution < -0.4 is 4.74 Å². The number of benzene rings is 3. The van der Waals surface area contributed by atoms with E-state index < -0.39 is 5.54 Å². The molecule has 1 saturated heterocycles. The minimum Gasteiger partial charge on any atom is -0.496 e. The monoisotopic (exact) mass is 426 g/mol. The molecule has 1 aliphatic carbocycles. The van der Waals surface area contributed by atoms with Crippen LogP contribution in [0.1, 0.15) is 32.6 Å². The van der Waals surface area contributed by atoms with Crippen LogP contribution in [0.5, 0.6) is 5.75 Å². The second kappa shape index (κ2) is 8.53. The van der Waals surface area contributed by atoms with Gasteiger partial charge in [-0.15, -0.1) is 0 Å². The lowest BCUT2D eigenvalue weighted by Gasteiger charge is -2.45. The van der Waals surface area contributed by atoms with Crippen LogP contribution >= 0.6 is 0 Å². The zero-order chi connectivity index (χ0) is 22.1. The summed E-state index contributed by atoms with van der Waals surface area (Å²) in [5, 5.41) is 0. The number of hydrogen-bond acceptors (Lipinski definition) is 4. The van der Waals surface area contributed by atoms with Crippen molar-refractivity contribution >= 4 is 5.78 Å². The molecule has 0 N–H and O–H groups in total. The number of aryl methyl sites for hydroxylation is 1. The van der Waals surface area contributed by atoms with E-state index >= 15 is 0 Å². The molecule has 3 aromatic rings. The average Bonchev–Trinajstić information content (AvgIpc) is 3.15. The SMILES string of the molecule is COc1ccccc1CN1CCN(C2(c3ccccc3)Cc3c(C)cccc3C2=O)CC1. The first-order valence-electron chi connectivity index (χ1n) is 11.4. The zero-order valence-electron chi connectivity index (χ0n) is 18.9. The van der Waals surface area contributed by atoms with Crippen molar-refractivity contribution in [2.45, 2.75) is 25.4 Å². The van der Waals surface area contributed by atoms with E-state index in [9.17, 15) is 4.79 Å². The maximum atomic E-state index is 14.0.